The molecule has 0 spiro atoms. The first-order valence-electron chi connectivity index (χ1n) is 6.04. The Bertz CT molecular complexity index is 422. The Kier molecular flexibility index (Phi) is 3.70. The molecule has 1 fully saturated rings. The minimum atomic E-state index is -0.265. The van der Waals surface area contributed by atoms with E-state index >= 15 is 0 Å². The topological polar surface area (TPSA) is 0 Å². The van der Waals surface area contributed by atoms with Gasteiger partial charge in [-0.2, -0.15) is 0 Å². The van der Waals surface area contributed by atoms with Gasteiger partial charge in [0.05, 0.1) is 5.38 Å². The molecule has 1 aliphatic rings. The second-order valence-electron chi connectivity index (χ2n) is 5.35. The molecule has 1 aromatic rings. The Balaban J connectivity index is 2.36. The van der Waals surface area contributed by atoms with Crippen LogP contribution in [0.25, 0.3) is 0 Å². The molecule has 17 heavy (non-hydrogen) atoms. The molecular formula is C14H17Cl2F. The zero-order chi connectivity index (χ0) is 12.6. The van der Waals surface area contributed by atoms with Crippen LogP contribution in [0.15, 0.2) is 12.1 Å². The molecule has 0 amide bonds. The van der Waals surface area contributed by atoms with Gasteiger partial charge in [0.1, 0.15) is 5.82 Å². The van der Waals surface area contributed by atoms with Gasteiger partial charge in [-0.05, 0) is 42.4 Å². The number of hydrogen-bond acceptors (Lipinski definition) is 0. The summed E-state index contributed by atoms with van der Waals surface area (Å²) in [6, 6.07) is 3.17. The van der Waals surface area contributed by atoms with E-state index in [2.05, 4.69) is 6.92 Å². The zero-order valence-corrected chi connectivity index (χ0v) is 11.7. The first-order chi connectivity index (χ1) is 7.94. The maximum absolute atomic E-state index is 13.4. The quantitative estimate of drug-likeness (QED) is 0.612. The first-order valence-corrected chi connectivity index (χ1v) is 6.85. The molecule has 0 aliphatic heterocycles. The number of benzene rings is 1. The summed E-state index contributed by atoms with van der Waals surface area (Å²) in [6.45, 7) is 3.95. The van der Waals surface area contributed by atoms with Gasteiger partial charge < -0.3 is 0 Å². The number of hydrogen-bond donors (Lipinski definition) is 0. The monoisotopic (exact) mass is 274 g/mol. The molecule has 1 aromatic carbocycles. The summed E-state index contributed by atoms with van der Waals surface area (Å²) in [5, 5.41) is 0.318. The lowest BCUT2D eigenvalue weighted by Gasteiger charge is -2.30. The van der Waals surface area contributed by atoms with Crippen LogP contribution in [0.2, 0.25) is 5.02 Å². The Morgan fingerprint density at radius 3 is 2.47 bits per heavy atom. The number of rotatable bonds is 2. The Morgan fingerprint density at radius 2 is 1.88 bits per heavy atom. The Labute approximate surface area is 112 Å². The molecular weight excluding hydrogens is 258 g/mol. The lowest BCUT2D eigenvalue weighted by Crippen LogP contribution is -2.18. The lowest BCUT2D eigenvalue weighted by atomic mass is 9.81. The molecule has 1 unspecified atom stereocenters. The van der Waals surface area contributed by atoms with Gasteiger partial charge in [-0.1, -0.05) is 37.4 Å². The average Bonchev–Trinajstić information content (AvgIpc) is 2.71. The van der Waals surface area contributed by atoms with Crippen molar-refractivity contribution in [3.05, 3.63) is 34.1 Å². The predicted octanol–water partition coefficient (Wildman–Crippen LogP) is 5.65. The van der Waals surface area contributed by atoms with Crippen LogP contribution >= 0.6 is 23.2 Å². The van der Waals surface area contributed by atoms with Crippen LogP contribution in [0, 0.1) is 18.2 Å². The van der Waals surface area contributed by atoms with Crippen LogP contribution in [0.5, 0.6) is 0 Å². The summed E-state index contributed by atoms with van der Waals surface area (Å²) in [6.07, 6.45) is 4.68. The third-order valence-corrected chi connectivity index (χ3v) is 5.00. The van der Waals surface area contributed by atoms with Gasteiger partial charge in [0.25, 0.3) is 0 Å². The highest BCUT2D eigenvalue weighted by atomic mass is 35.5. The van der Waals surface area contributed by atoms with E-state index in [9.17, 15) is 4.39 Å². The van der Waals surface area contributed by atoms with E-state index in [0.717, 1.165) is 18.4 Å². The van der Waals surface area contributed by atoms with Crippen molar-refractivity contribution in [2.45, 2.75) is 44.9 Å². The molecule has 0 bridgehead atoms. The summed E-state index contributed by atoms with van der Waals surface area (Å²) in [5.41, 5.74) is 1.57. The van der Waals surface area contributed by atoms with Gasteiger partial charge in [0, 0.05) is 5.02 Å². The van der Waals surface area contributed by atoms with E-state index in [-0.39, 0.29) is 16.6 Å². The highest BCUT2D eigenvalue weighted by molar-refractivity contribution is 6.32. The van der Waals surface area contributed by atoms with Crippen LogP contribution in [0.3, 0.4) is 0 Å². The largest absolute Gasteiger partial charge is 0.207 e. The van der Waals surface area contributed by atoms with Crippen molar-refractivity contribution in [2.75, 3.05) is 0 Å². The molecule has 1 atom stereocenters. The summed E-state index contributed by atoms with van der Waals surface area (Å²) in [7, 11) is 0. The van der Waals surface area contributed by atoms with Crippen molar-refractivity contribution >= 4 is 23.2 Å². The summed E-state index contributed by atoms with van der Waals surface area (Å²) in [4.78, 5) is 0. The smallest absolute Gasteiger partial charge is 0.127 e. The average molecular weight is 275 g/mol. The maximum atomic E-state index is 13.4. The second-order valence-corrected chi connectivity index (χ2v) is 6.19. The fourth-order valence-corrected chi connectivity index (χ4v) is 3.40. The molecule has 94 valence electrons. The molecule has 0 radical (unpaired) electrons. The van der Waals surface area contributed by atoms with E-state index < -0.39 is 0 Å². The van der Waals surface area contributed by atoms with Gasteiger partial charge in [0.2, 0.25) is 0 Å². The van der Waals surface area contributed by atoms with Crippen molar-refractivity contribution in [1.82, 2.24) is 0 Å². The molecule has 0 N–H and O–H groups in total. The third kappa shape index (κ3) is 2.46. The van der Waals surface area contributed by atoms with Crippen molar-refractivity contribution in [3.63, 3.8) is 0 Å². The normalized spacial score (nSPS) is 20.5. The van der Waals surface area contributed by atoms with Crippen molar-refractivity contribution < 1.29 is 4.39 Å². The van der Waals surface area contributed by atoms with E-state index in [1.165, 1.54) is 18.9 Å². The van der Waals surface area contributed by atoms with Crippen molar-refractivity contribution in [2.24, 2.45) is 5.41 Å². The molecule has 0 heterocycles. The highest BCUT2D eigenvalue weighted by Gasteiger charge is 2.37. The first kappa shape index (κ1) is 13.2. The molecule has 2 rings (SSSR count). The minimum Gasteiger partial charge on any atom is -0.207 e. The molecule has 0 saturated heterocycles. The second kappa shape index (κ2) is 4.78. The molecule has 1 aliphatic carbocycles. The van der Waals surface area contributed by atoms with Crippen molar-refractivity contribution in [3.8, 4) is 0 Å². The SMILES string of the molecule is Cc1cc(C(Cl)C2(C)CCCC2)c(Cl)cc1F. The van der Waals surface area contributed by atoms with Gasteiger partial charge >= 0.3 is 0 Å². The minimum absolute atomic E-state index is 0.0927. The molecule has 0 aromatic heterocycles. The molecule has 1 saturated carbocycles. The fraction of sp³-hybridized carbons (Fsp3) is 0.571. The zero-order valence-electron chi connectivity index (χ0n) is 10.2. The van der Waals surface area contributed by atoms with E-state index in [1.807, 2.05) is 0 Å². The third-order valence-electron chi connectivity index (χ3n) is 3.91. The van der Waals surface area contributed by atoms with E-state index in [1.54, 1.807) is 13.0 Å². The standard InChI is InChI=1S/C14H17Cl2F/c1-9-7-10(11(15)8-12(9)17)13(16)14(2)5-3-4-6-14/h7-8,13H,3-6H2,1-2H3. The van der Waals surface area contributed by atoms with E-state index in [4.69, 9.17) is 23.2 Å². The number of alkyl halides is 1. The van der Waals surface area contributed by atoms with Crippen molar-refractivity contribution in [1.29, 1.82) is 0 Å². The highest BCUT2D eigenvalue weighted by Crippen LogP contribution is 2.51. The fourth-order valence-electron chi connectivity index (χ4n) is 2.69. The predicted molar refractivity (Wildman–Crippen MR) is 71.3 cm³/mol. The van der Waals surface area contributed by atoms with Crippen LogP contribution < -0.4 is 0 Å². The van der Waals surface area contributed by atoms with Gasteiger partial charge in [-0.3, -0.25) is 0 Å². The van der Waals surface area contributed by atoms with Crippen LogP contribution in [0.1, 0.15) is 49.1 Å². The van der Waals surface area contributed by atoms with Gasteiger partial charge in [0.15, 0.2) is 0 Å². The summed E-state index contributed by atoms with van der Waals surface area (Å²) < 4.78 is 13.4. The number of aryl methyl sites for hydroxylation is 1. The Morgan fingerprint density at radius 1 is 1.29 bits per heavy atom. The Hall–Kier alpha value is -0.270. The summed E-state index contributed by atoms with van der Waals surface area (Å²) >= 11 is 12.7. The summed E-state index contributed by atoms with van der Waals surface area (Å²) in [5.74, 6) is -0.265. The maximum Gasteiger partial charge on any atom is 0.127 e. The lowest BCUT2D eigenvalue weighted by molar-refractivity contribution is 0.321. The van der Waals surface area contributed by atoms with Crippen LogP contribution in [-0.4, -0.2) is 0 Å². The van der Waals surface area contributed by atoms with Crippen LogP contribution in [0.4, 0.5) is 4.39 Å². The number of halogens is 3. The molecule has 0 nitrogen and oxygen atoms in total. The molecule has 3 heteroatoms. The van der Waals surface area contributed by atoms with Crippen LogP contribution in [-0.2, 0) is 0 Å². The van der Waals surface area contributed by atoms with E-state index in [0.29, 0.717) is 10.6 Å². The van der Waals surface area contributed by atoms with Gasteiger partial charge in [-0.25, -0.2) is 4.39 Å². The van der Waals surface area contributed by atoms with Gasteiger partial charge in [-0.15, -0.1) is 11.6 Å².